The van der Waals surface area contributed by atoms with Gasteiger partial charge < -0.3 is 9.13 Å². The van der Waals surface area contributed by atoms with Gasteiger partial charge in [-0.2, -0.15) is 0 Å². The molecule has 0 radical (unpaired) electrons. The van der Waals surface area contributed by atoms with Gasteiger partial charge in [0.25, 0.3) is 0 Å². The van der Waals surface area contributed by atoms with E-state index in [0.717, 1.165) is 106 Å². The Kier molecular flexibility index (Phi) is 17.6. The first kappa shape index (κ1) is 77.9. The van der Waals surface area contributed by atoms with E-state index in [-0.39, 0.29) is 21.7 Å². The molecule has 6 aliphatic carbocycles. The Hall–Kier alpha value is -14.4. The van der Waals surface area contributed by atoms with Crippen molar-refractivity contribution in [3.63, 3.8) is 0 Å². The molecule has 0 saturated heterocycles. The summed E-state index contributed by atoms with van der Waals surface area (Å²) in [7, 11) is 0. The largest absolute Gasteiger partial charge is 0.310 e. The predicted octanol–water partition coefficient (Wildman–Crippen LogP) is 30.8. The summed E-state index contributed by atoms with van der Waals surface area (Å²) in [5.74, 6) is 4.06. The molecule has 626 valence electrons. The summed E-state index contributed by atoms with van der Waals surface area (Å²) >= 11 is 1.83. The SMILES string of the molecule is CC1(C)CCC(C)(C)c2cc3c(cc21)c1c(n3-c2cccc(-c3nc(-c4ccccc4)nc(-c4cccc(-c5ccc6c(c5)sc5ccc(-c7cccc(-c8nc(-c9ccc(-n%10c%11cc%12c(cc%11c%11cc%13ccccc%13cc%11%10)C(C)(C)CCC%12(C)C)cc9)nc(-c9cccc%10c9C9=C(C=CCC9)C%10(c9ccccc9)c9ccccc9)n8)c7)cc56)c4)n3)c2)C=C2C=CC=CC2C1. The Morgan fingerprint density at radius 1 is 0.338 bits per heavy atom. The van der Waals surface area contributed by atoms with E-state index >= 15 is 0 Å². The van der Waals surface area contributed by atoms with Crippen LogP contribution in [0.3, 0.4) is 0 Å². The molecule has 25 rings (SSSR count). The third kappa shape index (κ3) is 12.4. The first-order valence-corrected chi connectivity index (χ1v) is 47.1. The van der Waals surface area contributed by atoms with Crippen LogP contribution in [0.4, 0.5) is 0 Å². The van der Waals surface area contributed by atoms with Gasteiger partial charge in [0.1, 0.15) is 0 Å². The number of aromatic nitrogens is 8. The third-order valence-corrected chi connectivity index (χ3v) is 31.2. The number of allylic oxidation sites excluding steroid dienone is 9. The van der Waals surface area contributed by atoms with Crippen LogP contribution >= 0.6 is 11.3 Å². The Bertz CT molecular complexity index is 8140. The quantitative estimate of drug-likeness (QED) is 0.121. The monoisotopic (exact) mass is 1690 g/mol. The van der Waals surface area contributed by atoms with Gasteiger partial charge in [-0.25, -0.2) is 29.9 Å². The van der Waals surface area contributed by atoms with Crippen molar-refractivity contribution in [1.82, 2.24) is 39.0 Å². The van der Waals surface area contributed by atoms with Gasteiger partial charge in [-0.05, 0) is 276 Å². The highest BCUT2D eigenvalue weighted by Crippen LogP contribution is 2.60. The van der Waals surface area contributed by atoms with E-state index in [1.54, 1.807) is 0 Å². The fourth-order valence-electron chi connectivity index (χ4n) is 22.9. The Morgan fingerprint density at radius 3 is 1.48 bits per heavy atom. The molecule has 130 heavy (non-hydrogen) atoms. The van der Waals surface area contributed by atoms with Crippen LogP contribution in [-0.2, 0) is 33.5 Å². The van der Waals surface area contributed by atoms with Crippen LogP contribution in [0.15, 0.2) is 351 Å². The van der Waals surface area contributed by atoms with Gasteiger partial charge >= 0.3 is 0 Å². The van der Waals surface area contributed by atoms with Gasteiger partial charge in [0.15, 0.2) is 34.9 Å². The van der Waals surface area contributed by atoms with E-state index in [2.05, 4.69) is 404 Å². The molecule has 0 bridgehead atoms. The molecule has 9 heteroatoms. The topological polar surface area (TPSA) is 87.2 Å². The van der Waals surface area contributed by atoms with Gasteiger partial charge in [-0.1, -0.05) is 292 Å². The molecule has 0 spiro atoms. The minimum absolute atomic E-state index is 0.0269. The lowest BCUT2D eigenvalue weighted by atomic mass is 9.63. The Balaban J connectivity index is 0.580. The number of fused-ring (bicyclic) bond motifs is 15. The molecular weight excluding hydrogens is 1600 g/mol. The second kappa shape index (κ2) is 29.3. The van der Waals surface area contributed by atoms with E-state index < -0.39 is 5.41 Å². The fourth-order valence-corrected chi connectivity index (χ4v) is 24.0. The van der Waals surface area contributed by atoms with E-state index in [4.69, 9.17) is 29.9 Å². The lowest BCUT2D eigenvalue weighted by Crippen LogP contribution is -2.33. The molecule has 19 aromatic rings. The first-order valence-electron chi connectivity index (χ1n) is 46.3. The maximum absolute atomic E-state index is 5.70. The van der Waals surface area contributed by atoms with Gasteiger partial charge in [-0.15, -0.1) is 11.3 Å². The summed E-state index contributed by atoms with van der Waals surface area (Å²) < 4.78 is 7.46. The van der Waals surface area contributed by atoms with Gasteiger partial charge in [0.05, 0.1) is 27.7 Å². The highest BCUT2D eigenvalue weighted by molar-refractivity contribution is 7.25. The number of nitrogens with zero attached hydrogens (tertiary/aromatic N) is 8. The minimum Gasteiger partial charge on any atom is -0.310 e. The summed E-state index contributed by atoms with van der Waals surface area (Å²) in [6, 6.07) is 112. The summed E-state index contributed by atoms with van der Waals surface area (Å²) in [5, 5.41) is 8.78. The second-order valence-corrected chi connectivity index (χ2v) is 40.7. The average molecular weight is 1690 g/mol. The molecule has 8 nitrogen and oxygen atoms in total. The maximum Gasteiger partial charge on any atom is 0.164 e. The lowest BCUT2D eigenvalue weighted by molar-refractivity contribution is 0.332. The van der Waals surface area contributed by atoms with Crippen molar-refractivity contribution in [2.75, 3.05) is 0 Å². The lowest BCUT2D eigenvalue weighted by Gasteiger charge is -2.42. The van der Waals surface area contributed by atoms with Crippen molar-refractivity contribution in [1.29, 1.82) is 0 Å². The molecule has 6 aliphatic rings. The molecule has 5 aromatic heterocycles. The molecule has 5 heterocycles. The number of hydrogen-bond donors (Lipinski definition) is 0. The molecule has 0 aliphatic heterocycles. The van der Waals surface area contributed by atoms with Crippen molar-refractivity contribution in [3.05, 3.63) is 407 Å². The van der Waals surface area contributed by atoms with E-state index in [1.807, 2.05) is 17.4 Å². The zero-order valence-corrected chi connectivity index (χ0v) is 75.2. The normalized spacial score (nSPS) is 17.0. The zero-order valence-electron chi connectivity index (χ0n) is 74.4. The number of benzene rings is 14. The molecule has 14 aromatic carbocycles. The van der Waals surface area contributed by atoms with Gasteiger partial charge in [0, 0.05) is 87.0 Å². The number of thiophene rings is 1. The van der Waals surface area contributed by atoms with Crippen LogP contribution in [0.5, 0.6) is 0 Å². The molecule has 0 N–H and O–H groups in total. The summed E-state index contributed by atoms with van der Waals surface area (Å²) in [6.07, 6.45) is 23.7. The van der Waals surface area contributed by atoms with Gasteiger partial charge in [-0.3, -0.25) is 0 Å². The van der Waals surface area contributed by atoms with E-state index in [1.165, 1.54) is 143 Å². The smallest absolute Gasteiger partial charge is 0.164 e. The zero-order chi connectivity index (χ0) is 87.3. The van der Waals surface area contributed by atoms with Crippen LogP contribution in [0.2, 0.25) is 0 Å². The van der Waals surface area contributed by atoms with Crippen LogP contribution in [0.25, 0.3) is 177 Å². The van der Waals surface area contributed by atoms with Crippen molar-refractivity contribution in [2.45, 2.75) is 127 Å². The van der Waals surface area contributed by atoms with Crippen LogP contribution in [0.1, 0.15) is 150 Å². The van der Waals surface area contributed by atoms with Crippen LogP contribution < -0.4 is 0 Å². The van der Waals surface area contributed by atoms with Crippen molar-refractivity contribution < 1.29 is 0 Å². The highest BCUT2D eigenvalue weighted by Gasteiger charge is 2.49. The van der Waals surface area contributed by atoms with Crippen LogP contribution in [-0.4, -0.2) is 39.0 Å². The number of rotatable bonds is 12. The van der Waals surface area contributed by atoms with Crippen molar-refractivity contribution in [3.8, 4) is 102 Å². The Labute approximate surface area is 762 Å². The van der Waals surface area contributed by atoms with E-state index in [0.29, 0.717) is 40.9 Å². The first-order chi connectivity index (χ1) is 63.3. The predicted molar refractivity (Wildman–Crippen MR) is 540 cm³/mol. The highest BCUT2D eigenvalue weighted by atomic mass is 32.1. The van der Waals surface area contributed by atoms with Crippen molar-refractivity contribution in [2.24, 2.45) is 5.92 Å². The minimum atomic E-state index is -0.573. The fraction of sp³-hybridized carbons (Fsp3) is 0.174. The molecule has 0 fully saturated rings. The van der Waals surface area contributed by atoms with Crippen molar-refractivity contribution >= 4 is 86.6 Å². The molecule has 0 saturated carbocycles. The maximum atomic E-state index is 5.70. The van der Waals surface area contributed by atoms with Crippen LogP contribution in [0, 0.1) is 5.92 Å². The second-order valence-electron chi connectivity index (χ2n) is 39.6. The third-order valence-electron chi connectivity index (χ3n) is 30.0. The molecular formula is C121H96N8S. The Morgan fingerprint density at radius 2 is 0.831 bits per heavy atom. The molecule has 1 atom stereocenters. The number of hydrogen-bond acceptors (Lipinski definition) is 7. The summed E-state index contributed by atoms with van der Waals surface area (Å²) in [6.45, 7) is 19.5. The standard InChI is InChI=1S/C121H96N8S/c1-117(2)56-58-119(5,6)102-71-106-95(69-100(102)117)93-63-77-30-18-20-32-79(77)66-104(93)128(106)88-52-48-74(49-53-88)112-124-114(127-116(126-112)92-45-27-47-99-110(92)91-44-22-23-46-98(91)121(99,86-39-14-10-15-40-86)87-41-16-11-17-42-87)84-37-24-34-75(60-84)81-51-55-108-97(65-81)90-54-50-82(68-109(90)130-108)76-35-25-36-83(61-76)113-122-111(73-28-12-9-13-29-73)123-115(125-113)85-38-26-43-89(62-85)129-105-67-80-33-21-19-31-78(80)64-94(105)96-70-101-103(72-107(96)129)120(7,8)59-57-118(101,3)4/h9-21,23-43,45-55,60-63,65-72,78H,22,44,56-59,64H2,1-8H3. The summed E-state index contributed by atoms with van der Waals surface area (Å²) in [5.41, 5.74) is 32.8. The van der Waals surface area contributed by atoms with Gasteiger partial charge in [0.2, 0.25) is 0 Å². The average Bonchev–Trinajstić information content (AvgIpc) is 1.52. The molecule has 0 amide bonds. The van der Waals surface area contributed by atoms with E-state index in [9.17, 15) is 0 Å². The molecule has 1 unspecified atom stereocenters. The summed E-state index contributed by atoms with van der Waals surface area (Å²) in [4.78, 5) is 33.1.